The molecule has 9 heavy (non-hydrogen) atoms. The van der Waals surface area contributed by atoms with Crippen molar-refractivity contribution in [2.45, 2.75) is 19.9 Å². The molecule has 2 radical (unpaired) electrons. The van der Waals surface area contributed by atoms with Gasteiger partial charge < -0.3 is 12.0 Å². The Balaban J connectivity index is -0.000000180. The number of hydrogen-bond acceptors (Lipinski definition) is 2. The molecule has 0 aliphatic heterocycles. The Morgan fingerprint density at radius 3 is 2.00 bits per heavy atom. The van der Waals surface area contributed by atoms with Gasteiger partial charge in [0.25, 0.3) is 0 Å². The van der Waals surface area contributed by atoms with Gasteiger partial charge in [-0.3, -0.25) is 11.7 Å². The second kappa shape index (κ2) is 12.4. The smallest absolute Gasteiger partial charge is 0 e. The first-order chi connectivity index (χ1) is 3.27. The average Bonchev–Trinajstić information content (AvgIpc) is 1.61. The van der Waals surface area contributed by atoms with Crippen molar-refractivity contribution in [3.8, 4) is 0 Å². The normalized spacial score (nSPS) is 11.4. The van der Waals surface area contributed by atoms with E-state index in [2.05, 4.69) is 17.2 Å². The van der Waals surface area contributed by atoms with E-state index in [9.17, 15) is 0 Å². The zero-order chi connectivity index (χ0) is 5.70. The van der Waals surface area contributed by atoms with E-state index in [1.165, 1.54) is 0 Å². The fraction of sp³-hybridized carbons (Fsp3) is 0.600. The zero-order valence-electron chi connectivity index (χ0n) is 5.91. The third-order valence-corrected chi connectivity index (χ3v) is 0.379. The molecule has 0 N–H and O–H groups in total. The number of azo groups is 1. The molecule has 4 heteroatoms. The molecule has 0 bridgehead atoms. The minimum Gasteiger partial charge on any atom is -0.358 e. The van der Waals surface area contributed by atoms with Crippen molar-refractivity contribution < 1.29 is 65.4 Å². The minimum atomic E-state index is 0. The van der Waals surface area contributed by atoms with Crippen molar-refractivity contribution in [3.63, 3.8) is 0 Å². The van der Waals surface area contributed by atoms with Gasteiger partial charge in [-0.05, 0) is 0 Å². The fourth-order valence-corrected chi connectivity index (χ4v) is 0.180. The monoisotopic (exact) mass is 276 g/mol. The Kier molecular flexibility index (Phi) is 23.3. The molecule has 0 aromatic rings. The molecule has 0 aliphatic carbocycles. The van der Waals surface area contributed by atoms with Gasteiger partial charge in [0.05, 0.1) is 0 Å². The molecule has 0 rings (SSSR count). The van der Waals surface area contributed by atoms with Crippen LogP contribution in [0.5, 0.6) is 0 Å². The van der Waals surface area contributed by atoms with Crippen LogP contribution in [0.1, 0.15) is 13.8 Å². The SMILES string of the molecule is [CH2-][C@H](C)N=N[CH-]C.[Y].[Y]. The van der Waals surface area contributed by atoms with Crippen LogP contribution in [0.15, 0.2) is 10.2 Å². The van der Waals surface area contributed by atoms with Gasteiger partial charge in [-0.25, -0.2) is 0 Å². The first kappa shape index (κ1) is 17.0. The predicted octanol–water partition coefficient (Wildman–Crippen LogP) is 1.84. The summed E-state index contributed by atoms with van der Waals surface area (Å²) in [4.78, 5) is 0. The van der Waals surface area contributed by atoms with E-state index in [4.69, 9.17) is 0 Å². The summed E-state index contributed by atoms with van der Waals surface area (Å²) in [5.74, 6) is 0. The number of rotatable bonds is 2. The summed E-state index contributed by atoms with van der Waals surface area (Å²) < 4.78 is 0. The Bertz CT molecular complexity index is 64.0. The van der Waals surface area contributed by atoms with Crippen molar-refractivity contribution in [1.82, 2.24) is 0 Å². The van der Waals surface area contributed by atoms with Crippen LogP contribution in [-0.4, -0.2) is 6.04 Å². The van der Waals surface area contributed by atoms with E-state index >= 15 is 0 Å². The minimum absolute atomic E-state index is 0. The average molecular weight is 276 g/mol. The Labute approximate surface area is 107 Å². The van der Waals surface area contributed by atoms with Gasteiger partial charge in [-0.1, -0.05) is 13.0 Å². The quantitative estimate of drug-likeness (QED) is 0.543. The van der Waals surface area contributed by atoms with Crippen LogP contribution in [0.3, 0.4) is 0 Å². The zero-order valence-corrected chi connectivity index (χ0v) is 11.6. The largest absolute Gasteiger partial charge is 0.358 e. The molecular formula is C5H10N2Y2-2. The first-order valence-electron chi connectivity index (χ1n) is 2.28. The second-order valence-electron chi connectivity index (χ2n) is 1.34. The van der Waals surface area contributed by atoms with Crippen molar-refractivity contribution >= 4 is 0 Å². The Hall–Kier alpha value is 1.68. The van der Waals surface area contributed by atoms with Crippen LogP contribution >= 0.6 is 0 Å². The topological polar surface area (TPSA) is 24.7 Å². The molecule has 0 heterocycles. The van der Waals surface area contributed by atoms with Crippen LogP contribution in [-0.2, 0) is 65.4 Å². The van der Waals surface area contributed by atoms with Crippen molar-refractivity contribution in [1.29, 1.82) is 0 Å². The van der Waals surface area contributed by atoms with E-state index in [1.807, 2.05) is 13.8 Å². The summed E-state index contributed by atoms with van der Waals surface area (Å²) in [7, 11) is 0. The maximum absolute atomic E-state index is 3.70. The van der Waals surface area contributed by atoms with Gasteiger partial charge in [0.15, 0.2) is 0 Å². The van der Waals surface area contributed by atoms with Gasteiger partial charge in [0.2, 0.25) is 0 Å². The number of nitrogens with zero attached hydrogens (tertiary/aromatic N) is 2. The Morgan fingerprint density at radius 2 is 1.89 bits per heavy atom. The van der Waals surface area contributed by atoms with Crippen LogP contribution in [0.2, 0.25) is 0 Å². The van der Waals surface area contributed by atoms with Crippen LogP contribution in [0, 0.1) is 13.5 Å². The fourth-order valence-electron chi connectivity index (χ4n) is 0.180. The molecule has 0 saturated heterocycles. The molecule has 2 nitrogen and oxygen atoms in total. The number of hydrogen-bond donors (Lipinski definition) is 0. The standard InChI is InChI=1S/C5H10N2.2Y/c1-4-6-7-5(2)3;;/h4-5H,2H2,1,3H3;;/q-2;;/t5-;;/m1../s1. The van der Waals surface area contributed by atoms with E-state index in [0.29, 0.717) is 0 Å². The molecule has 0 aromatic carbocycles. The van der Waals surface area contributed by atoms with Crippen LogP contribution in [0.4, 0.5) is 0 Å². The molecule has 48 valence electrons. The van der Waals surface area contributed by atoms with Crippen LogP contribution in [0.25, 0.3) is 0 Å². The summed E-state index contributed by atoms with van der Waals surface area (Å²) in [6.07, 6.45) is 0. The van der Waals surface area contributed by atoms with E-state index < -0.39 is 0 Å². The maximum Gasteiger partial charge on any atom is 0 e. The van der Waals surface area contributed by atoms with Gasteiger partial charge in [-0.15, -0.1) is 0 Å². The summed E-state index contributed by atoms with van der Waals surface area (Å²) in [5.41, 5.74) is 0. The first-order valence-corrected chi connectivity index (χ1v) is 2.28. The molecule has 0 aromatic heterocycles. The van der Waals surface area contributed by atoms with Gasteiger partial charge >= 0.3 is 0 Å². The maximum atomic E-state index is 3.70. The molecule has 0 fully saturated rings. The van der Waals surface area contributed by atoms with Gasteiger partial charge in [0.1, 0.15) is 0 Å². The van der Waals surface area contributed by atoms with E-state index in [1.54, 1.807) is 6.54 Å². The molecular weight excluding hydrogens is 266 g/mol. The van der Waals surface area contributed by atoms with Gasteiger partial charge in [-0.2, -0.15) is 6.92 Å². The third kappa shape index (κ3) is 17.7. The summed E-state index contributed by atoms with van der Waals surface area (Å²) in [5, 5.41) is 7.31. The summed E-state index contributed by atoms with van der Waals surface area (Å²) >= 11 is 0. The molecule has 0 amide bonds. The molecule has 0 aliphatic rings. The van der Waals surface area contributed by atoms with Gasteiger partial charge in [0, 0.05) is 65.4 Å². The van der Waals surface area contributed by atoms with Crippen molar-refractivity contribution in [2.75, 3.05) is 0 Å². The molecule has 0 spiro atoms. The van der Waals surface area contributed by atoms with Crippen molar-refractivity contribution in [2.24, 2.45) is 10.2 Å². The summed E-state index contributed by atoms with van der Waals surface area (Å²) in [6, 6.07) is 0.0798. The summed E-state index contributed by atoms with van der Waals surface area (Å²) in [6.45, 7) is 8.94. The predicted molar refractivity (Wildman–Crippen MR) is 29.6 cm³/mol. The third-order valence-electron chi connectivity index (χ3n) is 0.379. The second-order valence-corrected chi connectivity index (χ2v) is 1.34. The van der Waals surface area contributed by atoms with Crippen LogP contribution < -0.4 is 0 Å². The Morgan fingerprint density at radius 1 is 1.44 bits per heavy atom. The molecule has 0 unspecified atom stereocenters. The molecule has 0 saturated carbocycles. The van der Waals surface area contributed by atoms with Crippen molar-refractivity contribution in [3.05, 3.63) is 13.5 Å². The van der Waals surface area contributed by atoms with E-state index in [-0.39, 0.29) is 71.5 Å². The van der Waals surface area contributed by atoms with E-state index in [0.717, 1.165) is 0 Å². The molecule has 1 atom stereocenters.